The minimum absolute atomic E-state index is 0. The van der Waals surface area contributed by atoms with Gasteiger partial charge < -0.3 is 15.5 Å². The van der Waals surface area contributed by atoms with E-state index in [9.17, 15) is 8.78 Å². The molecule has 0 saturated carbocycles. The van der Waals surface area contributed by atoms with Gasteiger partial charge >= 0.3 is 0 Å². The quantitative estimate of drug-likeness (QED) is 0.382. The molecule has 1 aromatic carbocycles. The minimum atomic E-state index is -0.451. The molecule has 28 heavy (non-hydrogen) atoms. The molecule has 1 aromatic heterocycles. The highest BCUT2D eigenvalue weighted by atomic mass is 127. The van der Waals surface area contributed by atoms with Gasteiger partial charge in [0.15, 0.2) is 5.96 Å². The number of rotatable bonds is 4. The van der Waals surface area contributed by atoms with Gasteiger partial charge in [0.05, 0.1) is 0 Å². The van der Waals surface area contributed by atoms with Gasteiger partial charge in [-0.15, -0.1) is 24.0 Å². The van der Waals surface area contributed by atoms with Gasteiger partial charge in [0.2, 0.25) is 0 Å². The summed E-state index contributed by atoms with van der Waals surface area (Å²) in [6.45, 7) is 3.98. The number of anilines is 1. The van der Waals surface area contributed by atoms with Crippen molar-refractivity contribution in [2.45, 2.75) is 32.4 Å². The van der Waals surface area contributed by atoms with Crippen LogP contribution in [0.5, 0.6) is 0 Å². The Balaban J connectivity index is 0.00000280. The van der Waals surface area contributed by atoms with Crippen molar-refractivity contribution in [3.8, 4) is 0 Å². The van der Waals surface area contributed by atoms with Crippen LogP contribution >= 0.6 is 24.0 Å². The van der Waals surface area contributed by atoms with E-state index in [2.05, 4.69) is 25.5 Å². The molecule has 0 amide bonds. The summed E-state index contributed by atoms with van der Waals surface area (Å²) in [6.07, 6.45) is 1.90. The molecule has 0 radical (unpaired) electrons. The van der Waals surface area contributed by atoms with E-state index < -0.39 is 11.6 Å². The number of nitrogens with zero attached hydrogens (tertiary/aromatic N) is 3. The second-order valence-corrected chi connectivity index (χ2v) is 6.70. The zero-order valence-electron chi connectivity index (χ0n) is 16.1. The van der Waals surface area contributed by atoms with Gasteiger partial charge in [-0.3, -0.25) is 4.99 Å². The van der Waals surface area contributed by atoms with Crippen molar-refractivity contribution in [2.75, 3.05) is 25.0 Å². The van der Waals surface area contributed by atoms with E-state index in [0.29, 0.717) is 5.96 Å². The molecule has 0 aliphatic carbocycles. The predicted octanol–water partition coefficient (Wildman–Crippen LogP) is 3.62. The maximum atomic E-state index is 13.7. The van der Waals surface area contributed by atoms with Crippen molar-refractivity contribution in [3.05, 3.63) is 59.3 Å². The van der Waals surface area contributed by atoms with E-state index in [1.807, 2.05) is 25.1 Å². The van der Waals surface area contributed by atoms with Crippen molar-refractivity contribution in [3.63, 3.8) is 0 Å². The number of aliphatic imine (C=N–C) groups is 1. The predicted molar refractivity (Wildman–Crippen MR) is 119 cm³/mol. The molecular weight excluding hydrogens is 475 g/mol. The van der Waals surface area contributed by atoms with Crippen molar-refractivity contribution in [1.29, 1.82) is 0 Å². The average Bonchev–Trinajstić information content (AvgIpc) is 2.68. The van der Waals surface area contributed by atoms with Crippen molar-refractivity contribution >= 4 is 35.8 Å². The van der Waals surface area contributed by atoms with Crippen LogP contribution in [0.3, 0.4) is 0 Å². The molecule has 1 aliphatic rings. The summed E-state index contributed by atoms with van der Waals surface area (Å²) in [5.41, 5.74) is 1.29. The zero-order chi connectivity index (χ0) is 19.2. The number of halogens is 3. The minimum Gasteiger partial charge on any atom is -0.356 e. The smallest absolute Gasteiger partial charge is 0.191 e. The van der Waals surface area contributed by atoms with E-state index in [1.54, 1.807) is 7.05 Å². The van der Waals surface area contributed by atoms with Gasteiger partial charge in [0, 0.05) is 44.0 Å². The second-order valence-electron chi connectivity index (χ2n) is 6.70. The maximum absolute atomic E-state index is 13.7. The van der Waals surface area contributed by atoms with Crippen LogP contribution < -0.4 is 15.5 Å². The molecule has 0 bridgehead atoms. The molecule has 2 heterocycles. The third kappa shape index (κ3) is 6.02. The number of hydrogen-bond acceptors (Lipinski definition) is 3. The molecule has 0 atom stereocenters. The first kappa shape index (κ1) is 22.3. The van der Waals surface area contributed by atoms with E-state index in [4.69, 9.17) is 0 Å². The van der Waals surface area contributed by atoms with Crippen molar-refractivity contribution in [1.82, 2.24) is 15.6 Å². The number of guanidine groups is 1. The van der Waals surface area contributed by atoms with Gasteiger partial charge in [-0.2, -0.15) is 0 Å². The number of aromatic nitrogens is 1. The van der Waals surface area contributed by atoms with Crippen LogP contribution in [0.1, 0.15) is 24.1 Å². The number of benzene rings is 1. The first-order chi connectivity index (χ1) is 13.0. The highest BCUT2D eigenvalue weighted by Crippen LogP contribution is 2.18. The third-order valence-corrected chi connectivity index (χ3v) is 4.71. The Morgan fingerprint density at radius 3 is 2.64 bits per heavy atom. The lowest BCUT2D eigenvalue weighted by Crippen LogP contribution is -2.48. The zero-order valence-corrected chi connectivity index (χ0v) is 18.4. The first-order valence-electron chi connectivity index (χ1n) is 9.15. The highest BCUT2D eigenvalue weighted by molar-refractivity contribution is 14.0. The molecule has 8 heteroatoms. The molecule has 3 rings (SSSR count). The maximum Gasteiger partial charge on any atom is 0.191 e. The Labute approximate surface area is 181 Å². The van der Waals surface area contributed by atoms with Gasteiger partial charge in [-0.1, -0.05) is 6.07 Å². The molecule has 2 aromatic rings. The molecule has 5 nitrogen and oxygen atoms in total. The molecular formula is C20H26F2IN5. The molecule has 1 saturated heterocycles. The lowest BCUT2D eigenvalue weighted by Gasteiger charge is -2.34. The van der Waals surface area contributed by atoms with Crippen LogP contribution in [0.4, 0.5) is 14.6 Å². The van der Waals surface area contributed by atoms with Crippen molar-refractivity contribution in [2.24, 2.45) is 4.99 Å². The Morgan fingerprint density at radius 1 is 1.21 bits per heavy atom. The summed E-state index contributed by atoms with van der Waals surface area (Å²) in [4.78, 5) is 11.1. The fourth-order valence-electron chi connectivity index (χ4n) is 3.20. The highest BCUT2D eigenvalue weighted by Gasteiger charge is 2.21. The Morgan fingerprint density at radius 2 is 1.96 bits per heavy atom. The van der Waals surface area contributed by atoms with Crippen LogP contribution in [0, 0.1) is 18.6 Å². The normalized spacial score (nSPS) is 15.1. The second kappa shape index (κ2) is 10.5. The first-order valence-corrected chi connectivity index (χ1v) is 9.15. The van der Waals surface area contributed by atoms with Crippen LogP contribution in [-0.4, -0.2) is 37.1 Å². The Bertz CT molecular complexity index is 807. The monoisotopic (exact) mass is 501 g/mol. The summed E-state index contributed by atoms with van der Waals surface area (Å²) in [6, 6.07) is 9.78. The molecule has 1 fully saturated rings. The fraction of sp³-hybridized carbons (Fsp3) is 0.400. The van der Waals surface area contributed by atoms with Crippen LogP contribution in [-0.2, 0) is 6.54 Å². The lowest BCUT2D eigenvalue weighted by molar-refractivity contribution is 0.459. The molecule has 1 aliphatic heterocycles. The van der Waals surface area contributed by atoms with E-state index in [-0.39, 0.29) is 42.1 Å². The SMILES string of the molecule is CN=C(NCc1cc(F)ccc1F)NC1CCN(c2cccc(C)n2)CC1.I. The summed E-state index contributed by atoms with van der Waals surface area (Å²) < 4.78 is 27.0. The lowest BCUT2D eigenvalue weighted by atomic mass is 10.1. The van der Waals surface area contributed by atoms with Gasteiger partial charge in [0.1, 0.15) is 17.5 Å². The summed E-state index contributed by atoms with van der Waals surface area (Å²) in [5.74, 6) is 0.718. The van der Waals surface area contributed by atoms with Crippen LogP contribution in [0.25, 0.3) is 0 Å². The molecule has 2 N–H and O–H groups in total. The van der Waals surface area contributed by atoms with E-state index in [1.165, 1.54) is 6.07 Å². The number of pyridine rings is 1. The van der Waals surface area contributed by atoms with Gasteiger partial charge in [-0.25, -0.2) is 13.8 Å². The molecule has 0 spiro atoms. The standard InChI is InChI=1S/C20H25F2N5.HI/c1-14-4-3-5-19(25-14)27-10-8-17(9-11-27)26-20(23-2)24-13-15-12-16(21)6-7-18(15)22;/h3-7,12,17H,8-11,13H2,1-2H3,(H2,23,24,26);1H. The molecule has 152 valence electrons. The van der Waals surface area contributed by atoms with Crippen LogP contribution in [0.2, 0.25) is 0 Å². The largest absolute Gasteiger partial charge is 0.356 e. The van der Waals surface area contributed by atoms with E-state index >= 15 is 0 Å². The number of nitrogens with one attached hydrogen (secondary N) is 2. The van der Waals surface area contributed by atoms with Gasteiger partial charge in [-0.05, 0) is 50.1 Å². The summed E-state index contributed by atoms with van der Waals surface area (Å²) in [5, 5.41) is 6.43. The number of aryl methyl sites for hydroxylation is 1. The third-order valence-electron chi connectivity index (χ3n) is 4.71. The van der Waals surface area contributed by atoms with E-state index in [0.717, 1.165) is 49.6 Å². The molecule has 0 unspecified atom stereocenters. The average molecular weight is 501 g/mol. The van der Waals surface area contributed by atoms with Gasteiger partial charge in [0.25, 0.3) is 0 Å². The number of hydrogen-bond donors (Lipinski definition) is 2. The topological polar surface area (TPSA) is 52.6 Å². The Kier molecular flexibility index (Phi) is 8.40. The fourth-order valence-corrected chi connectivity index (χ4v) is 3.20. The summed E-state index contributed by atoms with van der Waals surface area (Å²) in [7, 11) is 1.67. The van der Waals surface area contributed by atoms with Crippen molar-refractivity contribution < 1.29 is 8.78 Å². The van der Waals surface area contributed by atoms with Crippen LogP contribution in [0.15, 0.2) is 41.4 Å². The Hall–Kier alpha value is -1.97. The number of piperidine rings is 1. The summed E-state index contributed by atoms with van der Waals surface area (Å²) >= 11 is 0.